The number of hydrogen-bond acceptors (Lipinski definition) is 2. The highest BCUT2D eigenvalue weighted by Crippen LogP contribution is 2.23. The molecule has 0 spiro atoms. The van der Waals surface area contributed by atoms with E-state index in [9.17, 15) is 8.78 Å². The summed E-state index contributed by atoms with van der Waals surface area (Å²) in [5.74, 6) is 1.03. The lowest BCUT2D eigenvalue weighted by molar-refractivity contribution is 0.150. The SMILES string of the molecule is FC(F)c1cccc(OCC2CCNC2)c1. The fraction of sp³-hybridized carbons (Fsp3) is 0.500. The van der Waals surface area contributed by atoms with Crippen LogP contribution < -0.4 is 10.1 Å². The lowest BCUT2D eigenvalue weighted by Gasteiger charge is -2.11. The van der Waals surface area contributed by atoms with Crippen molar-refractivity contribution in [1.29, 1.82) is 0 Å². The van der Waals surface area contributed by atoms with Gasteiger partial charge in [-0.05, 0) is 25.1 Å². The molecular formula is C12H15F2NO. The quantitative estimate of drug-likeness (QED) is 0.853. The van der Waals surface area contributed by atoms with Gasteiger partial charge in [-0.2, -0.15) is 0 Å². The topological polar surface area (TPSA) is 21.3 Å². The van der Waals surface area contributed by atoms with E-state index in [1.165, 1.54) is 12.1 Å². The summed E-state index contributed by atoms with van der Waals surface area (Å²) < 4.78 is 30.4. The van der Waals surface area contributed by atoms with Crippen LogP contribution in [0.15, 0.2) is 24.3 Å². The molecule has 1 fully saturated rings. The maximum absolute atomic E-state index is 12.4. The summed E-state index contributed by atoms with van der Waals surface area (Å²) in [5, 5.41) is 3.24. The van der Waals surface area contributed by atoms with Gasteiger partial charge in [0.15, 0.2) is 0 Å². The predicted molar refractivity (Wildman–Crippen MR) is 57.9 cm³/mol. The average Bonchev–Trinajstić information content (AvgIpc) is 2.79. The molecule has 1 aliphatic rings. The Balaban J connectivity index is 1.90. The number of benzene rings is 1. The van der Waals surface area contributed by atoms with Crippen molar-refractivity contribution in [2.24, 2.45) is 5.92 Å². The number of ether oxygens (including phenoxy) is 1. The van der Waals surface area contributed by atoms with E-state index < -0.39 is 6.43 Å². The van der Waals surface area contributed by atoms with Crippen molar-refractivity contribution in [2.75, 3.05) is 19.7 Å². The second-order valence-corrected chi connectivity index (χ2v) is 4.04. The van der Waals surface area contributed by atoms with Crippen LogP contribution in [0.1, 0.15) is 18.4 Å². The number of hydrogen-bond donors (Lipinski definition) is 1. The van der Waals surface area contributed by atoms with Crippen LogP contribution in [0.3, 0.4) is 0 Å². The van der Waals surface area contributed by atoms with E-state index >= 15 is 0 Å². The third kappa shape index (κ3) is 2.92. The molecule has 1 N–H and O–H groups in total. The summed E-state index contributed by atoms with van der Waals surface area (Å²) in [6.45, 7) is 2.57. The van der Waals surface area contributed by atoms with Crippen molar-refractivity contribution in [3.63, 3.8) is 0 Å². The van der Waals surface area contributed by atoms with Gasteiger partial charge in [0.25, 0.3) is 6.43 Å². The highest BCUT2D eigenvalue weighted by atomic mass is 19.3. The van der Waals surface area contributed by atoms with Crippen LogP contribution in [0.2, 0.25) is 0 Å². The summed E-state index contributed by atoms with van der Waals surface area (Å²) in [6.07, 6.45) is -1.34. The van der Waals surface area contributed by atoms with Crippen LogP contribution in [0.25, 0.3) is 0 Å². The highest BCUT2D eigenvalue weighted by molar-refractivity contribution is 5.29. The zero-order chi connectivity index (χ0) is 11.4. The van der Waals surface area contributed by atoms with E-state index in [1.807, 2.05) is 0 Å². The molecule has 1 aromatic rings. The molecule has 0 saturated carbocycles. The van der Waals surface area contributed by atoms with Gasteiger partial charge in [0.2, 0.25) is 0 Å². The summed E-state index contributed by atoms with van der Waals surface area (Å²) in [5.41, 5.74) is 0.0158. The van der Waals surface area contributed by atoms with Gasteiger partial charge in [-0.25, -0.2) is 8.78 Å². The van der Waals surface area contributed by atoms with Crippen LogP contribution in [0, 0.1) is 5.92 Å². The molecule has 1 unspecified atom stereocenters. The van der Waals surface area contributed by atoms with Gasteiger partial charge in [-0.3, -0.25) is 0 Å². The number of halogens is 2. The molecule has 0 bridgehead atoms. The lowest BCUT2D eigenvalue weighted by atomic mass is 10.1. The summed E-state index contributed by atoms with van der Waals surface area (Å²) in [6, 6.07) is 6.14. The summed E-state index contributed by atoms with van der Waals surface area (Å²) in [7, 11) is 0. The van der Waals surface area contributed by atoms with Crippen LogP contribution in [0.5, 0.6) is 5.75 Å². The van der Waals surface area contributed by atoms with Crippen LogP contribution >= 0.6 is 0 Å². The zero-order valence-electron chi connectivity index (χ0n) is 8.96. The van der Waals surface area contributed by atoms with Gasteiger partial charge in [0.05, 0.1) is 6.61 Å². The smallest absolute Gasteiger partial charge is 0.263 e. The van der Waals surface area contributed by atoms with Gasteiger partial charge < -0.3 is 10.1 Å². The molecule has 0 amide bonds. The molecule has 2 nitrogen and oxygen atoms in total. The normalized spacial score (nSPS) is 20.3. The van der Waals surface area contributed by atoms with Crippen LogP contribution in [0.4, 0.5) is 8.78 Å². The minimum Gasteiger partial charge on any atom is -0.493 e. The summed E-state index contributed by atoms with van der Waals surface area (Å²) >= 11 is 0. The fourth-order valence-corrected chi connectivity index (χ4v) is 1.81. The standard InChI is InChI=1S/C12H15F2NO/c13-12(14)10-2-1-3-11(6-10)16-8-9-4-5-15-7-9/h1-3,6,9,12,15H,4-5,7-8H2. The Morgan fingerprint density at radius 2 is 2.31 bits per heavy atom. The fourth-order valence-electron chi connectivity index (χ4n) is 1.81. The molecule has 2 rings (SSSR count). The van der Waals surface area contributed by atoms with Crippen LogP contribution in [-0.2, 0) is 0 Å². The summed E-state index contributed by atoms with van der Waals surface area (Å²) in [4.78, 5) is 0. The Morgan fingerprint density at radius 3 is 3.00 bits per heavy atom. The lowest BCUT2D eigenvalue weighted by Crippen LogP contribution is -2.15. The Morgan fingerprint density at radius 1 is 1.44 bits per heavy atom. The molecule has 1 aliphatic heterocycles. The van der Waals surface area contributed by atoms with Gasteiger partial charge in [-0.1, -0.05) is 12.1 Å². The van der Waals surface area contributed by atoms with E-state index in [0.717, 1.165) is 19.5 Å². The Kier molecular flexibility index (Phi) is 3.72. The first-order valence-electron chi connectivity index (χ1n) is 5.47. The van der Waals surface area contributed by atoms with Crippen LogP contribution in [-0.4, -0.2) is 19.7 Å². The minimum atomic E-state index is -2.43. The average molecular weight is 227 g/mol. The van der Waals surface area contributed by atoms with Gasteiger partial charge in [0, 0.05) is 18.0 Å². The molecule has 16 heavy (non-hydrogen) atoms. The molecular weight excluding hydrogens is 212 g/mol. The van der Waals surface area contributed by atoms with Gasteiger partial charge in [0.1, 0.15) is 5.75 Å². The van der Waals surface area contributed by atoms with Gasteiger partial charge in [-0.15, -0.1) is 0 Å². The molecule has 0 aromatic heterocycles. The van der Waals surface area contributed by atoms with E-state index in [4.69, 9.17) is 4.74 Å². The second kappa shape index (κ2) is 5.25. The van der Waals surface area contributed by atoms with Crippen molar-refractivity contribution < 1.29 is 13.5 Å². The van der Waals surface area contributed by atoms with Crippen molar-refractivity contribution >= 4 is 0 Å². The van der Waals surface area contributed by atoms with E-state index in [-0.39, 0.29) is 5.56 Å². The van der Waals surface area contributed by atoms with E-state index in [0.29, 0.717) is 18.3 Å². The first-order chi connectivity index (χ1) is 7.75. The second-order valence-electron chi connectivity index (χ2n) is 4.04. The molecule has 1 atom stereocenters. The van der Waals surface area contributed by atoms with Crippen molar-refractivity contribution in [1.82, 2.24) is 5.32 Å². The van der Waals surface area contributed by atoms with E-state index in [2.05, 4.69) is 5.32 Å². The van der Waals surface area contributed by atoms with Crippen molar-refractivity contribution in [2.45, 2.75) is 12.8 Å². The molecule has 88 valence electrons. The van der Waals surface area contributed by atoms with Crippen molar-refractivity contribution in [3.8, 4) is 5.75 Å². The molecule has 4 heteroatoms. The number of rotatable bonds is 4. The maximum Gasteiger partial charge on any atom is 0.263 e. The first-order valence-corrected chi connectivity index (χ1v) is 5.47. The number of nitrogens with one attached hydrogen (secondary N) is 1. The number of alkyl halides is 2. The Hall–Kier alpha value is -1.16. The minimum absolute atomic E-state index is 0.0158. The molecule has 1 saturated heterocycles. The monoisotopic (exact) mass is 227 g/mol. The van der Waals surface area contributed by atoms with Crippen molar-refractivity contribution in [3.05, 3.63) is 29.8 Å². The maximum atomic E-state index is 12.4. The zero-order valence-corrected chi connectivity index (χ0v) is 8.96. The molecule has 0 aliphatic carbocycles. The largest absolute Gasteiger partial charge is 0.493 e. The van der Waals surface area contributed by atoms with E-state index in [1.54, 1.807) is 12.1 Å². The first kappa shape index (κ1) is 11.3. The Bertz CT molecular complexity index is 338. The van der Waals surface area contributed by atoms with Gasteiger partial charge >= 0.3 is 0 Å². The third-order valence-electron chi connectivity index (χ3n) is 2.76. The molecule has 1 heterocycles. The molecule has 0 radical (unpaired) electrons. The predicted octanol–water partition coefficient (Wildman–Crippen LogP) is 2.61. The Labute approximate surface area is 93.6 Å². The molecule has 1 aromatic carbocycles. The third-order valence-corrected chi connectivity index (χ3v) is 2.76. The highest BCUT2D eigenvalue weighted by Gasteiger charge is 2.15.